The van der Waals surface area contributed by atoms with Gasteiger partial charge in [-0.25, -0.2) is 4.39 Å². The second-order valence-electron chi connectivity index (χ2n) is 4.20. The molecule has 0 aliphatic heterocycles. The monoisotopic (exact) mass is 251 g/mol. The van der Waals surface area contributed by atoms with Crippen LogP contribution in [0, 0.1) is 22.4 Å². The van der Waals surface area contributed by atoms with E-state index in [0.717, 1.165) is 11.8 Å². The van der Waals surface area contributed by atoms with Crippen LogP contribution in [0.1, 0.15) is 30.6 Å². The van der Waals surface area contributed by atoms with Gasteiger partial charge in [0.1, 0.15) is 11.2 Å². The minimum atomic E-state index is -0.430. The fourth-order valence-electron chi connectivity index (χ4n) is 1.53. The van der Waals surface area contributed by atoms with E-state index in [1.165, 1.54) is 18.2 Å². The van der Waals surface area contributed by atoms with Crippen molar-refractivity contribution in [2.75, 3.05) is 0 Å². The lowest BCUT2D eigenvalue weighted by molar-refractivity contribution is 0.0982. The standard InChI is InChI=1S/C13H14FNOS/c1-9(2)6-12(17-8-15)13(16)10-4-3-5-11(14)7-10/h3-5,7,9,12H,6H2,1-2H3. The van der Waals surface area contributed by atoms with Gasteiger partial charge in [-0.15, -0.1) is 0 Å². The van der Waals surface area contributed by atoms with Crippen molar-refractivity contribution in [3.8, 4) is 5.40 Å². The number of rotatable bonds is 5. The minimum Gasteiger partial charge on any atom is -0.293 e. The second kappa shape index (κ2) is 6.41. The fraction of sp³-hybridized carbons (Fsp3) is 0.385. The van der Waals surface area contributed by atoms with Crippen molar-refractivity contribution >= 4 is 17.5 Å². The number of nitrogens with zero attached hydrogens (tertiary/aromatic N) is 1. The van der Waals surface area contributed by atoms with Gasteiger partial charge in [0.2, 0.25) is 0 Å². The molecule has 2 nitrogen and oxygen atoms in total. The lowest BCUT2D eigenvalue weighted by Crippen LogP contribution is -2.19. The Labute approximate surface area is 105 Å². The molecule has 0 N–H and O–H groups in total. The van der Waals surface area contributed by atoms with Crippen LogP contribution in [0.15, 0.2) is 24.3 Å². The Morgan fingerprint density at radius 1 is 1.53 bits per heavy atom. The van der Waals surface area contributed by atoms with Gasteiger partial charge in [0.05, 0.1) is 5.25 Å². The first-order valence-corrected chi connectivity index (χ1v) is 6.27. The molecule has 0 aliphatic carbocycles. The van der Waals surface area contributed by atoms with Crippen molar-refractivity contribution in [2.45, 2.75) is 25.5 Å². The SMILES string of the molecule is CC(C)CC(SC#N)C(=O)c1cccc(F)c1. The number of carbonyl (C=O) groups is 1. The first-order chi connectivity index (χ1) is 8.04. The summed E-state index contributed by atoms with van der Waals surface area (Å²) in [4.78, 5) is 12.1. The molecule has 0 fully saturated rings. The first-order valence-electron chi connectivity index (χ1n) is 5.39. The number of hydrogen-bond acceptors (Lipinski definition) is 3. The molecular formula is C13H14FNOS. The molecule has 1 aromatic carbocycles. The maximum absolute atomic E-state index is 13.0. The molecule has 0 bridgehead atoms. The number of benzene rings is 1. The summed E-state index contributed by atoms with van der Waals surface area (Å²) in [5.74, 6) is -0.288. The van der Waals surface area contributed by atoms with E-state index in [1.54, 1.807) is 6.07 Å². The van der Waals surface area contributed by atoms with Crippen molar-refractivity contribution in [1.82, 2.24) is 0 Å². The van der Waals surface area contributed by atoms with E-state index in [2.05, 4.69) is 0 Å². The second-order valence-corrected chi connectivity index (χ2v) is 5.19. The molecule has 0 amide bonds. The van der Waals surface area contributed by atoms with Gasteiger partial charge < -0.3 is 0 Å². The number of thiocyanates is 1. The predicted molar refractivity (Wildman–Crippen MR) is 67.2 cm³/mol. The van der Waals surface area contributed by atoms with Crippen LogP contribution in [-0.2, 0) is 0 Å². The minimum absolute atomic E-state index is 0.176. The van der Waals surface area contributed by atoms with Crippen molar-refractivity contribution in [3.63, 3.8) is 0 Å². The number of hydrogen-bond donors (Lipinski definition) is 0. The van der Waals surface area contributed by atoms with Crippen molar-refractivity contribution < 1.29 is 9.18 Å². The third-order valence-corrected chi connectivity index (χ3v) is 3.08. The zero-order valence-electron chi connectivity index (χ0n) is 9.81. The smallest absolute Gasteiger partial charge is 0.176 e. The molecule has 1 aromatic rings. The van der Waals surface area contributed by atoms with Crippen LogP contribution in [0.3, 0.4) is 0 Å². The van der Waals surface area contributed by atoms with E-state index in [9.17, 15) is 9.18 Å². The Morgan fingerprint density at radius 3 is 2.76 bits per heavy atom. The third kappa shape index (κ3) is 4.20. The number of thioether (sulfide) groups is 1. The molecule has 0 radical (unpaired) electrons. The average Bonchev–Trinajstić information content (AvgIpc) is 2.27. The van der Waals surface area contributed by atoms with Crippen LogP contribution in [0.4, 0.5) is 4.39 Å². The molecular weight excluding hydrogens is 237 g/mol. The summed E-state index contributed by atoms with van der Waals surface area (Å²) >= 11 is 0.947. The maximum atomic E-state index is 13.0. The van der Waals surface area contributed by atoms with Gasteiger partial charge in [0, 0.05) is 5.56 Å². The van der Waals surface area contributed by atoms with Crippen LogP contribution in [-0.4, -0.2) is 11.0 Å². The summed E-state index contributed by atoms with van der Waals surface area (Å²) in [5.41, 5.74) is 0.332. The summed E-state index contributed by atoms with van der Waals surface area (Å²) in [6.45, 7) is 3.98. The van der Waals surface area contributed by atoms with Gasteiger partial charge >= 0.3 is 0 Å². The Morgan fingerprint density at radius 2 is 2.24 bits per heavy atom. The highest BCUT2D eigenvalue weighted by Gasteiger charge is 2.22. The van der Waals surface area contributed by atoms with Crippen molar-refractivity contribution in [2.24, 2.45) is 5.92 Å². The van der Waals surface area contributed by atoms with Gasteiger partial charge in [-0.1, -0.05) is 26.0 Å². The van der Waals surface area contributed by atoms with Crippen LogP contribution < -0.4 is 0 Å². The molecule has 0 heterocycles. The summed E-state index contributed by atoms with van der Waals surface area (Å²) < 4.78 is 13.0. The molecule has 1 atom stereocenters. The molecule has 0 saturated heterocycles. The molecule has 90 valence electrons. The fourth-order valence-corrected chi connectivity index (χ4v) is 2.38. The summed E-state index contributed by atoms with van der Waals surface area (Å²) in [6.07, 6.45) is 0.619. The summed E-state index contributed by atoms with van der Waals surface area (Å²) in [5, 5.41) is 10.2. The summed E-state index contributed by atoms with van der Waals surface area (Å²) in [6, 6.07) is 5.60. The van der Waals surface area contributed by atoms with Crippen LogP contribution in [0.2, 0.25) is 0 Å². The topological polar surface area (TPSA) is 40.9 Å². The third-order valence-electron chi connectivity index (χ3n) is 2.28. The maximum Gasteiger partial charge on any atom is 0.176 e. The molecule has 1 unspecified atom stereocenters. The van der Waals surface area contributed by atoms with Crippen molar-refractivity contribution in [3.05, 3.63) is 35.6 Å². The summed E-state index contributed by atoms with van der Waals surface area (Å²) in [7, 11) is 0. The lowest BCUT2D eigenvalue weighted by Gasteiger charge is -2.13. The number of ketones is 1. The van der Waals surface area contributed by atoms with Gasteiger partial charge in [-0.2, -0.15) is 5.26 Å². The van der Waals surface area contributed by atoms with E-state index >= 15 is 0 Å². The Balaban J connectivity index is 2.88. The number of Topliss-reactive ketones (excluding diaryl/α,β-unsaturated/α-hetero) is 1. The van der Waals surface area contributed by atoms with Gasteiger partial charge in [-0.3, -0.25) is 4.79 Å². The molecule has 0 aromatic heterocycles. The highest BCUT2D eigenvalue weighted by atomic mass is 32.2. The van der Waals surface area contributed by atoms with E-state index in [4.69, 9.17) is 5.26 Å². The van der Waals surface area contributed by atoms with E-state index < -0.39 is 11.1 Å². The Hall–Kier alpha value is -1.34. The Kier molecular flexibility index (Phi) is 5.17. The predicted octanol–water partition coefficient (Wildman–Crippen LogP) is 3.64. The first kappa shape index (κ1) is 13.7. The van der Waals surface area contributed by atoms with E-state index in [0.29, 0.717) is 17.9 Å². The van der Waals surface area contributed by atoms with E-state index in [1.807, 2.05) is 19.2 Å². The zero-order chi connectivity index (χ0) is 12.8. The number of halogens is 1. The number of nitriles is 1. The molecule has 0 aliphatic rings. The lowest BCUT2D eigenvalue weighted by atomic mass is 10.0. The van der Waals surface area contributed by atoms with Gasteiger partial charge in [0.25, 0.3) is 0 Å². The highest BCUT2D eigenvalue weighted by Crippen LogP contribution is 2.22. The van der Waals surface area contributed by atoms with Gasteiger partial charge in [0.15, 0.2) is 5.78 Å². The van der Waals surface area contributed by atoms with Gasteiger partial charge in [-0.05, 0) is 36.2 Å². The molecule has 1 rings (SSSR count). The Bertz CT molecular complexity index is 439. The van der Waals surface area contributed by atoms with Crippen LogP contribution in [0.5, 0.6) is 0 Å². The molecule has 4 heteroatoms. The highest BCUT2D eigenvalue weighted by molar-refractivity contribution is 8.05. The normalized spacial score (nSPS) is 12.2. The molecule has 0 saturated carbocycles. The largest absolute Gasteiger partial charge is 0.293 e. The van der Waals surface area contributed by atoms with Crippen LogP contribution in [0.25, 0.3) is 0 Å². The zero-order valence-corrected chi connectivity index (χ0v) is 10.6. The van der Waals surface area contributed by atoms with Crippen LogP contribution >= 0.6 is 11.8 Å². The molecule has 17 heavy (non-hydrogen) atoms. The van der Waals surface area contributed by atoms with E-state index in [-0.39, 0.29) is 5.78 Å². The van der Waals surface area contributed by atoms with Crippen molar-refractivity contribution in [1.29, 1.82) is 5.26 Å². The molecule has 0 spiro atoms. The average molecular weight is 251 g/mol. The number of carbonyl (C=O) groups excluding carboxylic acids is 1. The quantitative estimate of drug-likeness (QED) is 0.592.